The molecule has 1 aliphatic rings. The summed E-state index contributed by atoms with van der Waals surface area (Å²) in [5.74, 6) is 0.185. The van der Waals surface area contributed by atoms with Crippen molar-refractivity contribution >= 4 is 39.9 Å². The first-order valence-electron chi connectivity index (χ1n) is 7.78. The van der Waals surface area contributed by atoms with Crippen LogP contribution in [0.4, 0.5) is 5.82 Å². The molecule has 4 atom stereocenters. The number of fused-ring (bicyclic) bond motifs is 1. The molecule has 0 saturated carbocycles. The highest BCUT2D eigenvalue weighted by Crippen LogP contribution is 2.42. The van der Waals surface area contributed by atoms with Crippen molar-refractivity contribution < 1.29 is 20.1 Å². The molecule has 0 aromatic carbocycles. The lowest BCUT2D eigenvalue weighted by atomic mass is 9.98. The number of aromatic nitrogens is 4. The van der Waals surface area contributed by atoms with E-state index in [0.717, 1.165) is 4.88 Å². The molecule has 3 aromatic rings. The van der Waals surface area contributed by atoms with Gasteiger partial charge in [0, 0.05) is 11.3 Å². The fourth-order valence-corrected chi connectivity index (χ4v) is 4.44. The van der Waals surface area contributed by atoms with E-state index >= 15 is 0 Å². The Morgan fingerprint density at radius 3 is 2.81 bits per heavy atom. The van der Waals surface area contributed by atoms with Gasteiger partial charge in [-0.1, -0.05) is 11.6 Å². The van der Waals surface area contributed by atoms with Crippen LogP contribution in [-0.2, 0) is 16.9 Å². The molecule has 138 valence electrons. The van der Waals surface area contributed by atoms with Gasteiger partial charge < -0.3 is 25.8 Å². The summed E-state index contributed by atoms with van der Waals surface area (Å²) in [7, 11) is 0. The van der Waals surface area contributed by atoms with E-state index in [1.807, 2.05) is 5.38 Å². The maximum Gasteiger partial charge on any atom is 0.181 e. The normalized spacial score (nSPS) is 28.8. The number of halogens is 1. The number of aliphatic hydroxyl groups is 3. The molecule has 0 amide bonds. The zero-order chi connectivity index (χ0) is 18.5. The van der Waals surface area contributed by atoms with Crippen LogP contribution >= 0.6 is 22.9 Å². The Balaban J connectivity index is 1.91. The number of nitrogens with two attached hydrogens (primary N) is 1. The largest absolute Gasteiger partial charge is 0.394 e. The fraction of sp³-hybridized carbons (Fsp3) is 0.400. The molecular weight excluding hydrogens is 382 g/mol. The van der Waals surface area contributed by atoms with E-state index in [9.17, 15) is 15.3 Å². The van der Waals surface area contributed by atoms with Gasteiger partial charge in [0.25, 0.3) is 0 Å². The summed E-state index contributed by atoms with van der Waals surface area (Å²) in [5.41, 5.74) is 5.08. The van der Waals surface area contributed by atoms with Gasteiger partial charge in [0.15, 0.2) is 17.2 Å². The number of thiophene rings is 1. The molecule has 11 heteroatoms. The molecule has 0 spiro atoms. The molecule has 3 aromatic heterocycles. The third-order valence-electron chi connectivity index (χ3n) is 4.58. The second-order valence-electron chi connectivity index (χ2n) is 6.03. The molecule has 26 heavy (non-hydrogen) atoms. The summed E-state index contributed by atoms with van der Waals surface area (Å²) in [6, 6.07) is 1.74. The van der Waals surface area contributed by atoms with Crippen LogP contribution in [0.3, 0.4) is 0 Å². The molecule has 0 radical (unpaired) electrons. The third-order valence-corrected chi connectivity index (χ3v) is 5.96. The Morgan fingerprint density at radius 1 is 1.35 bits per heavy atom. The van der Waals surface area contributed by atoms with Crippen molar-refractivity contribution in [2.75, 3.05) is 12.3 Å². The van der Waals surface area contributed by atoms with E-state index in [0.29, 0.717) is 16.2 Å². The van der Waals surface area contributed by atoms with Gasteiger partial charge in [-0.25, -0.2) is 15.0 Å². The SMILES string of the molecule is Nc1ncnc2c1ncn2[C@]1(Cc2sccc2Cl)O[C@H](CO)[C@@H](O)[C@H]1O. The Bertz CT molecular complexity index is 949. The number of imidazole rings is 1. The first-order chi connectivity index (χ1) is 12.5. The minimum atomic E-state index is -1.46. The number of anilines is 1. The smallest absolute Gasteiger partial charge is 0.181 e. The molecule has 4 heterocycles. The van der Waals surface area contributed by atoms with E-state index in [-0.39, 0.29) is 12.2 Å². The van der Waals surface area contributed by atoms with Crippen LogP contribution in [0.15, 0.2) is 24.1 Å². The minimum absolute atomic E-state index is 0.146. The molecule has 1 aliphatic heterocycles. The second-order valence-corrected chi connectivity index (χ2v) is 7.44. The Kier molecular flexibility index (Phi) is 4.34. The minimum Gasteiger partial charge on any atom is -0.394 e. The van der Waals surface area contributed by atoms with Crippen molar-refractivity contribution in [2.24, 2.45) is 0 Å². The van der Waals surface area contributed by atoms with E-state index < -0.39 is 30.6 Å². The van der Waals surface area contributed by atoms with E-state index in [4.69, 9.17) is 22.1 Å². The zero-order valence-electron chi connectivity index (χ0n) is 13.4. The van der Waals surface area contributed by atoms with Gasteiger partial charge in [0.1, 0.15) is 30.2 Å². The van der Waals surface area contributed by atoms with Crippen LogP contribution < -0.4 is 5.73 Å². The fourth-order valence-electron chi connectivity index (χ4n) is 3.26. The first kappa shape index (κ1) is 17.6. The number of hydrogen-bond acceptors (Lipinski definition) is 9. The van der Waals surface area contributed by atoms with Crippen LogP contribution in [-0.4, -0.2) is 59.8 Å². The Hall–Kier alpha value is -1.82. The monoisotopic (exact) mass is 397 g/mol. The Labute approximate surface area is 156 Å². The van der Waals surface area contributed by atoms with E-state index in [1.165, 1.54) is 28.6 Å². The van der Waals surface area contributed by atoms with Gasteiger partial charge in [-0.15, -0.1) is 11.3 Å². The van der Waals surface area contributed by atoms with Gasteiger partial charge in [-0.2, -0.15) is 0 Å². The van der Waals surface area contributed by atoms with Crippen molar-refractivity contribution in [3.63, 3.8) is 0 Å². The van der Waals surface area contributed by atoms with Crippen molar-refractivity contribution in [2.45, 2.75) is 30.5 Å². The predicted molar refractivity (Wildman–Crippen MR) is 94.7 cm³/mol. The lowest BCUT2D eigenvalue weighted by molar-refractivity contribution is -0.144. The molecule has 1 saturated heterocycles. The Morgan fingerprint density at radius 2 is 2.15 bits per heavy atom. The predicted octanol–water partition coefficient (Wildman–Crippen LogP) is 0.132. The summed E-state index contributed by atoms with van der Waals surface area (Å²) in [6.45, 7) is -0.456. The standard InChI is InChI=1S/C15H16ClN5O4S/c16-7-1-2-26-9(7)3-15(12(24)11(23)8(4-22)25-15)21-6-20-10-13(17)18-5-19-14(10)21/h1-2,5-6,8,11-12,22-24H,3-4H2,(H2,17,18,19)/t8-,11-,12-,15-/m1/s1. The summed E-state index contributed by atoms with van der Waals surface area (Å²) in [6.07, 6.45) is -0.772. The van der Waals surface area contributed by atoms with E-state index in [2.05, 4.69) is 15.0 Å². The summed E-state index contributed by atoms with van der Waals surface area (Å²) >= 11 is 7.62. The lowest BCUT2D eigenvalue weighted by Gasteiger charge is -2.33. The average molecular weight is 398 g/mol. The maximum absolute atomic E-state index is 10.9. The van der Waals surface area contributed by atoms with Crippen LogP contribution in [0.2, 0.25) is 5.02 Å². The highest BCUT2D eigenvalue weighted by Gasteiger charge is 2.56. The van der Waals surface area contributed by atoms with Crippen molar-refractivity contribution in [1.29, 1.82) is 0 Å². The molecule has 1 fully saturated rings. The van der Waals surface area contributed by atoms with Gasteiger partial charge in [0.2, 0.25) is 0 Å². The molecular formula is C15H16ClN5O4S. The van der Waals surface area contributed by atoms with E-state index in [1.54, 1.807) is 6.07 Å². The molecule has 0 bridgehead atoms. The van der Waals surface area contributed by atoms with Crippen LogP contribution in [0, 0.1) is 0 Å². The number of ether oxygens (including phenoxy) is 1. The van der Waals surface area contributed by atoms with Gasteiger partial charge >= 0.3 is 0 Å². The average Bonchev–Trinajstić information content (AvgIpc) is 3.30. The van der Waals surface area contributed by atoms with Crippen molar-refractivity contribution in [3.05, 3.63) is 34.0 Å². The number of nitrogens with zero attached hydrogens (tertiary/aromatic N) is 4. The maximum atomic E-state index is 10.9. The second kappa shape index (κ2) is 6.41. The summed E-state index contributed by atoms with van der Waals surface area (Å²) in [4.78, 5) is 13.1. The highest BCUT2D eigenvalue weighted by molar-refractivity contribution is 7.10. The highest BCUT2D eigenvalue weighted by atomic mass is 35.5. The topological polar surface area (TPSA) is 140 Å². The number of rotatable bonds is 4. The van der Waals surface area contributed by atoms with Gasteiger partial charge in [0.05, 0.1) is 18.0 Å². The van der Waals surface area contributed by atoms with Crippen LogP contribution in [0.25, 0.3) is 11.2 Å². The summed E-state index contributed by atoms with van der Waals surface area (Å²) in [5, 5.41) is 33.1. The van der Waals surface area contributed by atoms with Gasteiger partial charge in [-0.3, -0.25) is 4.57 Å². The zero-order valence-corrected chi connectivity index (χ0v) is 14.9. The molecule has 5 N–H and O–H groups in total. The first-order valence-corrected chi connectivity index (χ1v) is 9.04. The lowest BCUT2D eigenvalue weighted by Crippen LogP contribution is -2.47. The number of hydrogen-bond donors (Lipinski definition) is 4. The third kappa shape index (κ3) is 2.49. The molecule has 0 aliphatic carbocycles. The van der Waals surface area contributed by atoms with Crippen LogP contribution in [0.1, 0.15) is 4.88 Å². The number of aliphatic hydroxyl groups excluding tert-OH is 3. The molecule has 0 unspecified atom stereocenters. The van der Waals surface area contributed by atoms with Gasteiger partial charge in [-0.05, 0) is 11.4 Å². The number of nitrogen functional groups attached to an aromatic ring is 1. The van der Waals surface area contributed by atoms with Crippen molar-refractivity contribution in [3.8, 4) is 0 Å². The molecule has 9 nitrogen and oxygen atoms in total. The quantitative estimate of drug-likeness (QED) is 0.487. The summed E-state index contributed by atoms with van der Waals surface area (Å²) < 4.78 is 7.48. The van der Waals surface area contributed by atoms with Crippen molar-refractivity contribution in [1.82, 2.24) is 19.5 Å². The van der Waals surface area contributed by atoms with Crippen LogP contribution in [0.5, 0.6) is 0 Å². The molecule has 4 rings (SSSR count).